The van der Waals surface area contributed by atoms with E-state index in [1.807, 2.05) is 41.3 Å². The number of rotatable bonds is 4. The summed E-state index contributed by atoms with van der Waals surface area (Å²) in [5.74, 6) is 0.471. The van der Waals surface area contributed by atoms with Gasteiger partial charge in [-0.3, -0.25) is 4.98 Å². The first-order valence-corrected chi connectivity index (χ1v) is 8.44. The van der Waals surface area contributed by atoms with Crippen molar-refractivity contribution in [2.75, 3.05) is 18.4 Å². The number of pyridine rings is 1. The van der Waals surface area contributed by atoms with Crippen molar-refractivity contribution in [1.29, 1.82) is 0 Å². The molecule has 0 aliphatic carbocycles. The van der Waals surface area contributed by atoms with Gasteiger partial charge >= 0.3 is 6.03 Å². The van der Waals surface area contributed by atoms with Gasteiger partial charge in [-0.2, -0.15) is 0 Å². The number of urea groups is 1. The molecule has 0 saturated carbocycles. The molecule has 2 heterocycles. The van der Waals surface area contributed by atoms with Crippen molar-refractivity contribution in [3.63, 3.8) is 0 Å². The van der Waals surface area contributed by atoms with Crippen molar-refractivity contribution in [1.82, 2.24) is 9.88 Å². The summed E-state index contributed by atoms with van der Waals surface area (Å²) in [5, 5.41) is 4.00. The number of nitrogens with two attached hydrogens (primary N) is 1. The number of hydrogen-bond acceptors (Lipinski definition) is 3. The van der Waals surface area contributed by atoms with E-state index >= 15 is 0 Å². The van der Waals surface area contributed by atoms with Gasteiger partial charge in [-0.1, -0.05) is 12.1 Å². The molecule has 0 spiro atoms. The predicted octanol–water partition coefficient (Wildman–Crippen LogP) is 3.38. The number of nitrogens with one attached hydrogen (secondary N) is 1. The molecule has 2 aromatic rings. The molecule has 0 radical (unpaired) electrons. The van der Waals surface area contributed by atoms with Gasteiger partial charge in [0.15, 0.2) is 0 Å². The Hall–Kier alpha value is -2.40. The van der Waals surface area contributed by atoms with Gasteiger partial charge in [-0.15, -0.1) is 6.58 Å². The Morgan fingerprint density at radius 2 is 2.21 bits per heavy atom. The minimum Gasteiger partial charge on any atom is -0.327 e. The number of piperidine rings is 1. The Balaban J connectivity index is 1.58. The highest BCUT2D eigenvalue weighted by Gasteiger charge is 2.26. The highest BCUT2D eigenvalue weighted by Crippen LogP contribution is 2.23. The lowest BCUT2D eigenvalue weighted by Gasteiger charge is -2.34. The summed E-state index contributed by atoms with van der Waals surface area (Å²) in [6, 6.07) is 9.75. The molecular weight excluding hydrogens is 300 g/mol. The number of amides is 2. The van der Waals surface area contributed by atoms with Crippen LogP contribution in [0.25, 0.3) is 10.9 Å². The van der Waals surface area contributed by atoms with E-state index in [1.165, 1.54) is 0 Å². The zero-order valence-electron chi connectivity index (χ0n) is 13.8. The van der Waals surface area contributed by atoms with Crippen LogP contribution in [-0.2, 0) is 0 Å². The fraction of sp³-hybridized carbons (Fsp3) is 0.368. The molecule has 1 aliphatic rings. The lowest BCUT2D eigenvalue weighted by atomic mass is 9.88. The second kappa shape index (κ2) is 7.45. The fourth-order valence-corrected chi connectivity index (χ4v) is 3.27. The predicted molar refractivity (Wildman–Crippen MR) is 97.8 cm³/mol. The average Bonchev–Trinajstić information content (AvgIpc) is 2.62. The molecule has 1 saturated heterocycles. The summed E-state index contributed by atoms with van der Waals surface area (Å²) in [6.45, 7) is 5.24. The van der Waals surface area contributed by atoms with Gasteiger partial charge in [0.05, 0.1) is 5.52 Å². The van der Waals surface area contributed by atoms with Gasteiger partial charge in [-0.25, -0.2) is 4.79 Å². The summed E-state index contributed by atoms with van der Waals surface area (Å²) >= 11 is 0. The van der Waals surface area contributed by atoms with Crippen LogP contribution in [0, 0.1) is 5.92 Å². The maximum Gasteiger partial charge on any atom is 0.321 e. The van der Waals surface area contributed by atoms with Crippen molar-refractivity contribution in [3.8, 4) is 0 Å². The van der Waals surface area contributed by atoms with Gasteiger partial charge in [0, 0.05) is 36.4 Å². The standard InChI is InChI=1S/C19H24N4O/c1-2-4-17(20)14-8-11-23(12-9-14)19(24)22-16-6-7-18-15(13-16)5-3-10-21-18/h2-3,5-7,10,13-14,17H,1,4,8-9,11-12,20H2,(H,22,24). The zero-order valence-corrected chi connectivity index (χ0v) is 13.8. The first-order valence-electron chi connectivity index (χ1n) is 8.44. The third-order valence-corrected chi connectivity index (χ3v) is 4.73. The maximum atomic E-state index is 12.5. The van der Waals surface area contributed by atoms with Crippen molar-refractivity contribution >= 4 is 22.6 Å². The number of likely N-dealkylation sites (tertiary alicyclic amines) is 1. The van der Waals surface area contributed by atoms with Crippen LogP contribution in [0.1, 0.15) is 19.3 Å². The summed E-state index contributed by atoms with van der Waals surface area (Å²) in [6.07, 6.45) is 6.37. The Labute approximate surface area is 142 Å². The largest absolute Gasteiger partial charge is 0.327 e. The van der Waals surface area contributed by atoms with Crippen LogP contribution in [-0.4, -0.2) is 35.0 Å². The van der Waals surface area contributed by atoms with E-state index in [0.717, 1.165) is 48.9 Å². The monoisotopic (exact) mass is 324 g/mol. The third-order valence-electron chi connectivity index (χ3n) is 4.73. The Kier molecular flexibility index (Phi) is 5.11. The fourth-order valence-electron chi connectivity index (χ4n) is 3.27. The third kappa shape index (κ3) is 3.74. The van der Waals surface area contributed by atoms with Crippen LogP contribution < -0.4 is 11.1 Å². The second-order valence-electron chi connectivity index (χ2n) is 6.35. The average molecular weight is 324 g/mol. The minimum atomic E-state index is -0.0472. The highest BCUT2D eigenvalue weighted by molar-refractivity contribution is 5.92. The number of aromatic nitrogens is 1. The van der Waals surface area contributed by atoms with E-state index < -0.39 is 0 Å². The van der Waals surface area contributed by atoms with Gasteiger partial charge in [0.1, 0.15) is 0 Å². The van der Waals surface area contributed by atoms with Crippen molar-refractivity contribution in [3.05, 3.63) is 49.2 Å². The Morgan fingerprint density at radius 3 is 2.96 bits per heavy atom. The van der Waals surface area contributed by atoms with Crippen LogP contribution in [0.15, 0.2) is 49.2 Å². The molecule has 3 rings (SSSR count). The molecule has 0 bridgehead atoms. The van der Waals surface area contributed by atoms with E-state index in [4.69, 9.17) is 5.73 Å². The second-order valence-corrected chi connectivity index (χ2v) is 6.35. The summed E-state index contributed by atoms with van der Waals surface area (Å²) in [5.41, 5.74) is 7.88. The number of nitrogens with zero attached hydrogens (tertiary/aromatic N) is 2. The van der Waals surface area contributed by atoms with E-state index in [1.54, 1.807) is 6.20 Å². The maximum absolute atomic E-state index is 12.5. The van der Waals surface area contributed by atoms with Gasteiger partial charge < -0.3 is 16.0 Å². The van der Waals surface area contributed by atoms with Gasteiger partial charge in [0.25, 0.3) is 0 Å². The van der Waals surface area contributed by atoms with Crippen molar-refractivity contribution in [2.45, 2.75) is 25.3 Å². The minimum absolute atomic E-state index is 0.0472. The molecule has 1 aromatic heterocycles. The van der Waals surface area contributed by atoms with E-state index in [-0.39, 0.29) is 12.1 Å². The summed E-state index contributed by atoms with van der Waals surface area (Å²) in [7, 11) is 0. The Bertz CT molecular complexity index is 722. The number of carbonyl (C=O) groups is 1. The first-order chi connectivity index (χ1) is 11.7. The molecule has 2 amide bonds. The van der Waals surface area contributed by atoms with Crippen LogP contribution in [0.3, 0.4) is 0 Å². The van der Waals surface area contributed by atoms with Crippen LogP contribution >= 0.6 is 0 Å². The molecule has 24 heavy (non-hydrogen) atoms. The van der Waals surface area contributed by atoms with Gasteiger partial charge in [-0.05, 0) is 49.4 Å². The summed E-state index contributed by atoms with van der Waals surface area (Å²) < 4.78 is 0. The molecule has 5 heteroatoms. The lowest BCUT2D eigenvalue weighted by Crippen LogP contribution is -2.44. The van der Waals surface area contributed by atoms with Crippen molar-refractivity contribution < 1.29 is 4.79 Å². The molecule has 1 aliphatic heterocycles. The smallest absolute Gasteiger partial charge is 0.321 e. The van der Waals surface area contributed by atoms with E-state index in [9.17, 15) is 4.79 Å². The van der Waals surface area contributed by atoms with Crippen LogP contribution in [0.5, 0.6) is 0 Å². The Morgan fingerprint density at radius 1 is 1.42 bits per heavy atom. The van der Waals surface area contributed by atoms with E-state index in [2.05, 4.69) is 16.9 Å². The molecule has 1 unspecified atom stereocenters. The molecule has 126 valence electrons. The topological polar surface area (TPSA) is 71.2 Å². The van der Waals surface area contributed by atoms with E-state index in [0.29, 0.717) is 5.92 Å². The normalized spacial score (nSPS) is 16.8. The molecule has 5 nitrogen and oxygen atoms in total. The number of anilines is 1. The zero-order chi connectivity index (χ0) is 16.9. The lowest BCUT2D eigenvalue weighted by molar-refractivity contribution is 0.174. The van der Waals surface area contributed by atoms with Crippen LogP contribution in [0.4, 0.5) is 10.5 Å². The van der Waals surface area contributed by atoms with Crippen LogP contribution in [0.2, 0.25) is 0 Å². The number of hydrogen-bond donors (Lipinski definition) is 2. The molecule has 3 N–H and O–H groups in total. The quantitative estimate of drug-likeness (QED) is 0.847. The first kappa shape index (κ1) is 16.5. The number of benzene rings is 1. The molecule has 1 atom stereocenters. The van der Waals surface area contributed by atoms with Crippen molar-refractivity contribution in [2.24, 2.45) is 11.7 Å². The molecule has 1 aromatic carbocycles. The molecular formula is C19H24N4O. The number of fused-ring (bicyclic) bond motifs is 1. The number of carbonyl (C=O) groups excluding carboxylic acids is 1. The van der Waals surface area contributed by atoms with Gasteiger partial charge in [0.2, 0.25) is 0 Å². The summed E-state index contributed by atoms with van der Waals surface area (Å²) in [4.78, 5) is 18.6. The SMILES string of the molecule is C=CCC(N)C1CCN(C(=O)Nc2ccc3ncccc3c2)CC1. The molecule has 1 fully saturated rings. The highest BCUT2D eigenvalue weighted by atomic mass is 16.2.